The zero-order valence-corrected chi connectivity index (χ0v) is 15.2. The van der Waals surface area contributed by atoms with Crippen molar-refractivity contribution in [1.29, 1.82) is 0 Å². The largest absolute Gasteiger partial charge is 0.361 e. The molecule has 2 aliphatic rings. The number of benzene rings is 1. The lowest BCUT2D eigenvalue weighted by molar-refractivity contribution is 0.107. The molecule has 1 aromatic carbocycles. The predicted molar refractivity (Wildman–Crippen MR) is 104 cm³/mol. The fraction of sp³-hybridized carbons (Fsp3) is 0.429. The van der Waals surface area contributed by atoms with Crippen molar-refractivity contribution in [3.63, 3.8) is 0 Å². The van der Waals surface area contributed by atoms with E-state index in [4.69, 9.17) is 0 Å². The van der Waals surface area contributed by atoms with E-state index in [1.807, 2.05) is 18.5 Å². The first kappa shape index (κ1) is 15.8. The summed E-state index contributed by atoms with van der Waals surface area (Å²) in [5, 5.41) is 1.36. The van der Waals surface area contributed by atoms with Crippen molar-refractivity contribution in [3.05, 3.63) is 54.6 Å². The van der Waals surface area contributed by atoms with Gasteiger partial charge in [-0.3, -0.25) is 4.90 Å². The fourth-order valence-corrected chi connectivity index (χ4v) is 4.92. The van der Waals surface area contributed by atoms with Gasteiger partial charge in [0, 0.05) is 49.5 Å². The molecule has 1 aliphatic heterocycles. The monoisotopic (exact) mass is 347 g/mol. The molecule has 5 nitrogen and oxygen atoms in total. The number of aromatic nitrogens is 3. The first-order valence-corrected chi connectivity index (χ1v) is 9.49. The van der Waals surface area contributed by atoms with Gasteiger partial charge in [-0.15, -0.1) is 0 Å². The molecule has 26 heavy (non-hydrogen) atoms. The fourth-order valence-electron chi connectivity index (χ4n) is 4.92. The summed E-state index contributed by atoms with van der Waals surface area (Å²) in [5.41, 5.74) is 3.19. The number of likely N-dealkylation sites (tertiary alicyclic amines) is 1. The zero-order valence-electron chi connectivity index (χ0n) is 15.2. The van der Waals surface area contributed by atoms with Gasteiger partial charge in [0.2, 0.25) is 0 Å². The zero-order chi connectivity index (χ0) is 17.6. The smallest absolute Gasteiger partial charge is 0.131 e. The molecule has 0 atom stereocenters. The molecule has 2 aromatic heterocycles. The third-order valence-corrected chi connectivity index (χ3v) is 6.41. The number of anilines is 1. The SMILES string of the molecule is CN(c1ccncn1)C1CC2(CCN(Cc3cccc4[nH]ccc34)C2)C1. The van der Waals surface area contributed by atoms with E-state index in [1.54, 1.807) is 6.33 Å². The van der Waals surface area contributed by atoms with E-state index in [0.29, 0.717) is 11.5 Å². The Morgan fingerprint density at radius 1 is 1.27 bits per heavy atom. The van der Waals surface area contributed by atoms with Crippen LogP contribution in [0, 0.1) is 5.41 Å². The molecular formula is C21H25N5. The summed E-state index contributed by atoms with van der Waals surface area (Å²) in [4.78, 5) is 16.7. The minimum atomic E-state index is 0.512. The van der Waals surface area contributed by atoms with E-state index in [-0.39, 0.29) is 0 Å². The quantitative estimate of drug-likeness (QED) is 0.785. The number of aromatic amines is 1. The van der Waals surface area contributed by atoms with Crippen LogP contribution in [0.15, 0.2) is 49.1 Å². The van der Waals surface area contributed by atoms with E-state index < -0.39 is 0 Å². The average Bonchev–Trinajstić information content (AvgIpc) is 3.28. The molecule has 1 N–H and O–H groups in total. The molecule has 5 heteroatoms. The first-order chi connectivity index (χ1) is 12.7. The summed E-state index contributed by atoms with van der Waals surface area (Å²) in [5.74, 6) is 1.04. The Morgan fingerprint density at radius 3 is 3.04 bits per heavy atom. The second-order valence-corrected chi connectivity index (χ2v) is 8.06. The van der Waals surface area contributed by atoms with Gasteiger partial charge in [-0.1, -0.05) is 12.1 Å². The average molecular weight is 347 g/mol. The Labute approximate surface area is 154 Å². The molecular weight excluding hydrogens is 322 g/mol. The van der Waals surface area contributed by atoms with Crippen LogP contribution in [0.4, 0.5) is 5.82 Å². The van der Waals surface area contributed by atoms with Gasteiger partial charge in [-0.25, -0.2) is 9.97 Å². The summed E-state index contributed by atoms with van der Waals surface area (Å²) < 4.78 is 0. The molecule has 3 aromatic rings. The lowest BCUT2D eigenvalue weighted by Gasteiger charge is -2.49. The summed E-state index contributed by atoms with van der Waals surface area (Å²) in [6.45, 7) is 3.50. The summed E-state index contributed by atoms with van der Waals surface area (Å²) >= 11 is 0. The Hall–Kier alpha value is -2.40. The molecule has 1 spiro atoms. The number of rotatable bonds is 4. The molecule has 5 rings (SSSR count). The molecule has 1 aliphatic carbocycles. The van der Waals surface area contributed by atoms with E-state index in [1.165, 1.54) is 48.8 Å². The lowest BCUT2D eigenvalue weighted by atomic mass is 9.64. The van der Waals surface area contributed by atoms with Crippen molar-refractivity contribution in [3.8, 4) is 0 Å². The molecule has 0 amide bonds. The van der Waals surface area contributed by atoms with E-state index in [2.05, 4.69) is 56.1 Å². The molecule has 0 unspecified atom stereocenters. The maximum atomic E-state index is 4.39. The molecule has 0 bridgehead atoms. The van der Waals surface area contributed by atoms with Crippen LogP contribution in [0.5, 0.6) is 0 Å². The second-order valence-electron chi connectivity index (χ2n) is 8.06. The van der Waals surface area contributed by atoms with Crippen LogP contribution < -0.4 is 4.90 Å². The molecule has 2 fully saturated rings. The van der Waals surface area contributed by atoms with Gasteiger partial charge in [0.05, 0.1) is 0 Å². The number of hydrogen-bond acceptors (Lipinski definition) is 4. The van der Waals surface area contributed by atoms with Crippen LogP contribution in [-0.2, 0) is 6.54 Å². The number of nitrogens with one attached hydrogen (secondary N) is 1. The van der Waals surface area contributed by atoms with Crippen LogP contribution in [0.2, 0.25) is 0 Å². The van der Waals surface area contributed by atoms with E-state index in [9.17, 15) is 0 Å². The van der Waals surface area contributed by atoms with Crippen molar-refractivity contribution in [2.45, 2.75) is 31.8 Å². The number of H-pyrrole nitrogens is 1. The number of hydrogen-bond donors (Lipinski definition) is 1. The van der Waals surface area contributed by atoms with Gasteiger partial charge in [0.1, 0.15) is 12.1 Å². The predicted octanol–water partition coefficient (Wildman–Crippen LogP) is 3.45. The van der Waals surface area contributed by atoms with Crippen LogP contribution in [0.1, 0.15) is 24.8 Å². The van der Waals surface area contributed by atoms with Crippen molar-refractivity contribution < 1.29 is 0 Å². The lowest BCUT2D eigenvalue weighted by Crippen LogP contribution is -2.51. The third kappa shape index (κ3) is 2.67. The molecule has 0 radical (unpaired) electrons. The van der Waals surface area contributed by atoms with Crippen LogP contribution >= 0.6 is 0 Å². The Morgan fingerprint density at radius 2 is 2.19 bits per heavy atom. The normalized spacial score (nSPS) is 25.7. The van der Waals surface area contributed by atoms with Gasteiger partial charge in [0.25, 0.3) is 0 Å². The molecule has 1 saturated carbocycles. The Bertz CT molecular complexity index is 897. The van der Waals surface area contributed by atoms with Crippen molar-refractivity contribution >= 4 is 16.7 Å². The number of fused-ring (bicyclic) bond motifs is 1. The van der Waals surface area contributed by atoms with Gasteiger partial charge in [0.15, 0.2) is 0 Å². The Kier molecular flexibility index (Phi) is 3.71. The Balaban J connectivity index is 1.23. The summed E-state index contributed by atoms with van der Waals surface area (Å²) in [6, 6.07) is 11.4. The van der Waals surface area contributed by atoms with Crippen molar-refractivity contribution in [2.24, 2.45) is 5.41 Å². The van der Waals surface area contributed by atoms with E-state index in [0.717, 1.165) is 12.4 Å². The van der Waals surface area contributed by atoms with Crippen molar-refractivity contribution in [1.82, 2.24) is 19.9 Å². The highest BCUT2D eigenvalue weighted by Crippen LogP contribution is 2.50. The van der Waals surface area contributed by atoms with E-state index >= 15 is 0 Å². The van der Waals surface area contributed by atoms with Gasteiger partial charge in [-0.2, -0.15) is 0 Å². The minimum absolute atomic E-state index is 0.512. The van der Waals surface area contributed by atoms with Crippen LogP contribution in [0.3, 0.4) is 0 Å². The van der Waals surface area contributed by atoms with Gasteiger partial charge < -0.3 is 9.88 Å². The van der Waals surface area contributed by atoms with Crippen molar-refractivity contribution in [2.75, 3.05) is 25.0 Å². The van der Waals surface area contributed by atoms with Crippen LogP contribution in [0.25, 0.3) is 10.9 Å². The summed E-state index contributed by atoms with van der Waals surface area (Å²) in [7, 11) is 2.17. The molecule has 134 valence electrons. The highest BCUT2D eigenvalue weighted by Gasteiger charge is 2.49. The minimum Gasteiger partial charge on any atom is -0.361 e. The molecule has 1 saturated heterocycles. The van der Waals surface area contributed by atoms with Crippen LogP contribution in [-0.4, -0.2) is 46.0 Å². The maximum Gasteiger partial charge on any atom is 0.131 e. The molecule has 3 heterocycles. The second kappa shape index (κ2) is 6.09. The topological polar surface area (TPSA) is 48.1 Å². The summed E-state index contributed by atoms with van der Waals surface area (Å²) in [6.07, 6.45) is 9.38. The third-order valence-electron chi connectivity index (χ3n) is 6.41. The highest BCUT2D eigenvalue weighted by molar-refractivity contribution is 5.82. The number of nitrogens with zero attached hydrogens (tertiary/aromatic N) is 4. The standard InChI is InChI=1S/C21H25N5/c1-25(20-6-8-22-15-24-20)17-11-21(12-17)7-10-26(14-21)13-16-3-2-4-19-18(16)5-9-23-19/h2-6,8-9,15,17,23H,7,10-14H2,1H3. The highest BCUT2D eigenvalue weighted by atomic mass is 15.2. The van der Waals surface area contributed by atoms with Gasteiger partial charge >= 0.3 is 0 Å². The van der Waals surface area contributed by atoms with Gasteiger partial charge in [-0.05, 0) is 55.0 Å². The maximum absolute atomic E-state index is 4.39. The first-order valence-electron chi connectivity index (χ1n) is 9.49.